The summed E-state index contributed by atoms with van der Waals surface area (Å²) in [7, 11) is 3.29. The zero-order chi connectivity index (χ0) is 20.3. The number of aryl methyl sites for hydroxylation is 2. The fourth-order valence-electron chi connectivity index (χ4n) is 2.96. The van der Waals surface area contributed by atoms with Gasteiger partial charge in [0.15, 0.2) is 17.0 Å². The first-order chi connectivity index (χ1) is 13.5. The summed E-state index contributed by atoms with van der Waals surface area (Å²) in [5.74, 6) is 9.45. The molecule has 0 radical (unpaired) electrons. The molecule has 142 valence electrons. The average molecular weight is 376 g/mol. The minimum Gasteiger partial charge on any atom is -0.497 e. The number of methoxy groups -OCH3 is 1. The van der Waals surface area contributed by atoms with Crippen LogP contribution in [0.1, 0.15) is 24.7 Å². The highest BCUT2D eigenvalue weighted by Crippen LogP contribution is 2.13. The van der Waals surface area contributed by atoms with Crippen LogP contribution in [0.4, 0.5) is 0 Å². The third-order valence-corrected chi connectivity index (χ3v) is 4.33. The maximum absolute atomic E-state index is 12.8. The van der Waals surface area contributed by atoms with E-state index in [9.17, 15) is 9.59 Å². The second-order valence-electron chi connectivity index (χ2n) is 6.18. The van der Waals surface area contributed by atoms with Gasteiger partial charge in [0, 0.05) is 19.2 Å². The van der Waals surface area contributed by atoms with Crippen molar-refractivity contribution >= 4 is 11.2 Å². The second-order valence-corrected chi connectivity index (χ2v) is 6.18. The first-order valence-electron chi connectivity index (χ1n) is 8.81. The number of nitrogens with zero attached hydrogens (tertiary/aromatic N) is 4. The largest absolute Gasteiger partial charge is 0.497 e. The van der Waals surface area contributed by atoms with Gasteiger partial charge in [0.25, 0.3) is 5.56 Å². The number of hydrogen-bond donors (Lipinski definition) is 0. The van der Waals surface area contributed by atoms with Gasteiger partial charge in [-0.25, -0.2) is 14.3 Å². The van der Waals surface area contributed by atoms with E-state index >= 15 is 0 Å². The molecule has 0 spiro atoms. The molecule has 3 rings (SSSR count). The van der Waals surface area contributed by atoms with E-state index in [-0.39, 0.29) is 6.54 Å². The lowest BCUT2D eigenvalue weighted by Gasteiger charge is -2.08. The number of ether oxygens (including phenoxy) is 1. The van der Waals surface area contributed by atoms with Crippen LogP contribution >= 0.6 is 0 Å². The number of imidazole rings is 1. The molecule has 1 aromatic carbocycles. The standard InChI is InChI=1S/C21H20N4O3/c1-5-12-24-19-18(20(26)25(13-6-2)21(24)27)23(3)17(22-19)11-10-15-8-7-9-16(14-15)28-4/h2,7-9,14H,5,12-13H2,1,3-4H3. The molecule has 0 fully saturated rings. The van der Waals surface area contributed by atoms with Crippen LogP contribution in [0, 0.1) is 24.2 Å². The van der Waals surface area contributed by atoms with Gasteiger partial charge in [0.05, 0.1) is 13.7 Å². The highest BCUT2D eigenvalue weighted by molar-refractivity contribution is 5.72. The van der Waals surface area contributed by atoms with E-state index in [1.54, 1.807) is 18.7 Å². The maximum atomic E-state index is 12.8. The van der Waals surface area contributed by atoms with Gasteiger partial charge in [-0.3, -0.25) is 9.36 Å². The van der Waals surface area contributed by atoms with Crippen LogP contribution in [0.3, 0.4) is 0 Å². The Morgan fingerprint density at radius 1 is 1.21 bits per heavy atom. The van der Waals surface area contributed by atoms with Gasteiger partial charge in [0.2, 0.25) is 0 Å². The molecule has 0 unspecified atom stereocenters. The molecule has 2 heterocycles. The van der Waals surface area contributed by atoms with Crippen molar-refractivity contribution in [1.82, 2.24) is 18.7 Å². The molecule has 0 aliphatic heterocycles. The van der Waals surface area contributed by atoms with Gasteiger partial charge in [-0.15, -0.1) is 6.42 Å². The van der Waals surface area contributed by atoms with Crippen molar-refractivity contribution in [2.75, 3.05) is 7.11 Å². The zero-order valence-corrected chi connectivity index (χ0v) is 16.0. The summed E-state index contributed by atoms with van der Waals surface area (Å²) in [6.07, 6.45) is 6.05. The van der Waals surface area contributed by atoms with Crippen molar-refractivity contribution in [3.63, 3.8) is 0 Å². The molecule has 2 aromatic heterocycles. The van der Waals surface area contributed by atoms with Crippen molar-refractivity contribution in [1.29, 1.82) is 0 Å². The average Bonchev–Trinajstić information content (AvgIpc) is 3.03. The molecule has 0 aliphatic carbocycles. The lowest BCUT2D eigenvalue weighted by atomic mass is 10.2. The zero-order valence-electron chi connectivity index (χ0n) is 16.0. The summed E-state index contributed by atoms with van der Waals surface area (Å²) < 4.78 is 9.33. The van der Waals surface area contributed by atoms with E-state index < -0.39 is 11.2 Å². The normalized spacial score (nSPS) is 10.4. The van der Waals surface area contributed by atoms with E-state index in [1.165, 1.54) is 4.57 Å². The summed E-state index contributed by atoms with van der Waals surface area (Å²) >= 11 is 0. The molecule has 0 saturated carbocycles. The van der Waals surface area contributed by atoms with Gasteiger partial charge in [0.1, 0.15) is 5.75 Å². The van der Waals surface area contributed by atoms with E-state index in [0.717, 1.165) is 10.1 Å². The van der Waals surface area contributed by atoms with Crippen molar-refractivity contribution in [3.05, 3.63) is 56.5 Å². The monoisotopic (exact) mass is 376 g/mol. The highest BCUT2D eigenvalue weighted by Gasteiger charge is 2.18. The molecule has 0 amide bonds. The number of terminal acetylenes is 1. The molecule has 0 atom stereocenters. The molecule has 0 bridgehead atoms. The van der Waals surface area contributed by atoms with E-state index in [1.807, 2.05) is 31.2 Å². The molecule has 3 aromatic rings. The van der Waals surface area contributed by atoms with Crippen LogP contribution in [0.25, 0.3) is 11.2 Å². The molecular weight excluding hydrogens is 356 g/mol. The topological polar surface area (TPSA) is 71.1 Å². The number of hydrogen-bond acceptors (Lipinski definition) is 4. The van der Waals surface area contributed by atoms with E-state index in [0.29, 0.717) is 35.7 Å². The minimum atomic E-state index is -0.463. The van der Waals surface area contributed by atoms with Crippen LogP contribution < -0.4 is 16.0 Å². The molecular formula is C21H20N4O3. The third-order valence-electron chi connectivity index (χ3n) is 4.33. The fraction of sp³-hybridized carbons (Fsp3) is 0.286. The number of fused-ring (bicyclic) bond motifs is 1. The summed E-state index contributed by atoms with van der Waals surface area (Å²) in [5.41, 5.74) is 0.459. The summed E-state index contributed by atoms with van der Waals surface area (Å²) in [4.78, 5) is 30.0. The second kappa shape index (κ2) is 7.89. The van der Waals surface area contributed by atoms with E-state index in [2.05, 4.69) is 22.7 Å². The van der Waals surface area contributed by atoms with Gasteiger partial charge in [-0.1, -0.05) is 24.8 Å². The highest BCUT2D eigenvalue weighted by atomic mass is 16.5. The lowest BCUT2D eigenvalue weighted by Crippen LogP contribution is -2.40. The van der Waals surface area contributed by atoms with Crippen molar-refractivity contribution in [3.8, 4) is 29.9 Å². The summed E-state index contributed by atoms with van der Waals surface area (Å²) in [6, 6.07) is 7.33. The Morgan fingerprint density at radius 3 is 2.68 bits per heavy atom. The number of benzene rings is 1. The van der Waals surface area contributed by atoms with Gasteiger partial charge in [-0.2, -0.15) is 0 Å². The van der Waals surface area contributed by atoms with Crippen LogP contribution in [0.15, 0.2) is 33.9 Å². The van der Waals surface area contributed by atoms with Crippen LogP contribution in [0.2, 0.25) is 0 Å². The Labute approximate surface area is 162 Å². The van der Waals surface area contributed by atoms with Crippen molar-refractivity contribution in [2.45, 2.75) is 26.4 Å². The Balaban J connectivity index is 2.23. The Kier molecular flexibility index (Phi) is 5.37. The SMILES string of the molecule is C#CCn1c(=O)c2c(nc(C#Cc3cccc(OC)c3)n2C)n(CCC)c1=O. The van der Waals surface area contributed by atoms with Crippen LogP contribution in [-0.4, -0.2) is 25.8 Å². The summed E-state index contributed by atoms with van der Waals surface area (Å²) in [5, 5.41) is 0. The van der Waals surface area contributed by atoms with E-state index in [4.69, 9.17) is 11.2 Å². The van der Waals surface area contributed by atoms with Gasteiger partial charge < -0.3 is 9.30 Å². The Hall–Kier alpha value is -3.71. The Morgan fingerprint density at radius 2 is 2.00 bits per heavy atom. The molecule has 0 aliphatic rings. The fourth-order valence-corrected chi connectivity index (χ4v) is 2.96. The minimum absolute atomic E-state index is 0.0900. The number of rotatable bonds is 4. The maximum Gasteiger partial charge on any atom is 0.333 e. The number of aromatic nitrogens is 4. The molecule has 0 saturated heterocycles. The van der Waals surface area contributed by atoms with Crippen molar-refractivity contribution < 1.29 is 4.74 Å². The summed E-state index contributed by atoms with van der Waals surface area (Å²) in [6.45, 7) is 2.29. The van der Waals surface area contributed by atoms with Crippen LogP contribution in [-0.2, 0) is 20.1 Å². The molecule has 7 nitrogen and oxygen atoms in total. The molecule has 28 heavy (non-hydrogen) atoms. The Bertz CT molecular complexity index is 1260. The van der Waals surface area contributed by atoms with Gasteiger partial charge in [-0.05, 0) is 30.5 Å². The third kappa shape index (κ3) is 3.30. The molecule has 7 heteroatoms. The lowest BCUT2D eigenvalue weighted by molar-refractivity contribution is 0.414. The molecule has 0 N–H and O–H groups in total. The van der Waals surface area contributed by atoms with Crippen LogP contribution in [0.5, 0.6) is 5.75 Å². The predicted molar refractivity (Wildman–Crippen MR) is 107 cm³/mol. The first kappa shape index (κ1) is 19.1. The predicted octanol–water partition coefficient (Wildman–Crippen LogP) is 1.35. The quantitative estimate of drug-likeness (QED) is 0.645. The smallest absolute Gasteiger partial charge is 0.333 e. The van der Waals surface area contributed by atoms with Gasteiger partial charge >= 0.3 is 5.69 Å². The van der Waals surface area contributed by atoms with Crippen molar-refractivity contribution in [2.24, 2.45) is 7.05 Å². The first-order valence-corrected chi connectivity index (χ1v) is 8.81.